The first-order valence-corrected chi connectivity index (χ1v) is 12.9. The molecule has 1 aromatic carbocycles. The Balaban J connectivity index is 1.13. The summed E-state index contributed by atoms with van der Waals surface area (Å²) in [6.07, 6.45) is 1.35. The first-order valence-electron chi connectivity index (χ1n) is 10.2. The number of halogens is 1. The first kappa shape index (κ1) is 21.7. The summed E-state index contributed by atoms with van der Waals surface area (Å²) in [4.78, 5) is 14.9. The lowest BCUT2D eigenvalue weighted by Crippen LogP contribution is -2.51. The Bertz CT molecular complexity index is 1270. The third-order valence-electron chi connectivity index (χ3n) is 5.72. The van der Waals surface area contributed by atoms with Crippen molar-refractivity contribution in [1.29, 1.82) is 0 Å². The average Bonchev–Trinajstić information content (AvgIpc) is 3.34. The fraction of sp³-hybridized carbons (Fsp3) is 0.318. The summed E-state index contributed by atoms with van der Waals surface area (Å²) >= 11 is 7.04. The molecule has 10 heteroatoms. The second-order valence-electron chi connectivity index (χ2n) is 8.07. The van der Waals surface area contributed by atoms with Gasteiger partial charge >= 0.3 is 0 Å². The lowest BCUT2D eigenvalue weighted by molar-refractivity contribution is 0.127. The molecule has 0 amide bonds. The summed E-state index contributed by atoms with van der Waals surface area (Å²) in [5.41, 5.74) is 2.36. The topological polar surface area (TPSA) is 80.1 Å². The summed E-state index contributed by atoms with van der Waals surface area (Å²) in [6, 6.07) is 11.2. The van der Waals surface area contributed by atoms with Crippen LogP contribution in [0.4, 0.5) is 0 Å². The normalized spacial score (nSPS) is 17.3. The van der Waals surface area contributed by atoms with Crippen LogP contribution in [0.5, 0.6) is 5.75 Å². The molecule has 2 aliphatic heterocycles. The third kappa shape index (κ3) is 4.35. The van der Waals surface area contributed by atoms with Gasteiger partial charge in [0.25, 0.3) is 0 Å². The Morgan fingerprint density at radius 2 is 1.88 bits per heavy atom. The van der Waals surface area contributed by atoms with Crippen LogP contribution in [0.3, 0.4) is 0 Å². The highest BCUT2D eigenvalue weighted by molar-refractivity contribution is 7.89. The summed E-state index contributed by atoms with van der Waals surface area (Å²) < 4.78 is 38.1. The minimum Gasteiger partial charge on any atom is -0.486 e. The number of sulfonamides is 1. The van der Waals surface area contributed by atoms with Crippen LogP contribution in [0.1, 0.15) is 16.9 Å². The molecular weight excluding hydrogens is 472 g/mol. The predicted molar refractivity (Wildman–Crippen MR) is 121 cm³/mol. The Hall–Kier alpha value is -2.17. The Labute approximate surface area is 194 Å². The van der Waals surface area contributed by atoms with Gasteiger partial charge in [0, 0.05) is 43.5 Å². The first-order chi connectivity index (χ1) is 15.4. The number of fused-ring (bicyclic) bond motifs is 1. The van der Waals surface area contributed by atoms with E-state index < -0.39 is 10.0 Å². The number of rotatable bonds is 7. The predicted octanol–water partition coefficient (Wildman–Crippen LogP) is 3.57. The van der Waals surface area contributed by atoms with Crippen molar-refractivity contribution in [3.8, 4) is 5.75 Å². The van der Waals surface area contributed by atoms with Crippen LogP contribution in [-0.4, -0.2) is 37.3 Å². The van der Waals surface area contributed by atoms with Crippen molar-refractivity contribution in [2.75, 3.05) is 19.7 Å². The van der Waals surface area contributed by atoms with Crippen molar-refractivity contribution in [3.05, 3.63) is 79.5 Å². The molecular formula is C22H21ClN2O5S2. The van der Waals surface area contributed by atoms with E-state index in [0.717, 1.165) is 13.1 Å². The van der Waals surface area contributed by atoms with Crippen molar-refractivity contribution in [2.45, 2.75) is 24.5 Å². The minimum atomic E-state index is -3.52. The smallest absolute Gasteiger partial charge is 0.243 e. The second kappa shape index (κ2) is 8.64. The van der Waals surface area contributed by atoms with E-state index in [0.29, 0.717) is 29.7 Å². The molecule has 4 heterocycles. The van der Waals surface area contributed by atoms with Gasteiger partial charge in [0.2, 0.25) is 21.2 Å². The van der Waals surface area contributed by atoms with Crippen LogP contribution < -0.4 is 10.2 Å². The maximum atomic E-state index is 12.5. The number of ether oxygens (including phenoxy) is 1. The van der Waals surface area contributed by atoms with Crippen molar-refractivity contribution >= 4 is 33.0 Å². The largest absolute Gasteiger partial charge is 0.486 e. The average molecular weight is 493 g/mol. The molecule has 7 nitrogen and oxygen atoms in total. The summed E-state index contributed by atoms with van der Waals surface area (Å²) in [6.45, 7) is 3.14. The molecule has 0 atom stereocenters. The van der Waals surface area contributed by atoms with E-state index in [9.17, 15) is 13.2 Å². The van der Waals surface area contributed by atoms with Gasteiger partial charge in [0.05, 0.1) is 22.4 Å². The van der Waals surface area contributed by atoms with Gasteiger partial charge in [-0.2, -0.15) is 4.31 Å². The molecule has 1 saturated heterocycles. The number of hydrogen-bond donors (Lipinski definition) is 0. The van der Waals surface area contributed by atoms with E-state index in [2.05, 4.69) is 17.0 Å². The maximum absolute atomic E-state index is 12.5. The van der Waals surface area contributed by atoms with Gasteiger partial charge in [0.15, 0.2) is 0 Å². The van der Waals surface area contributed by atoms with E-state index in [-0.39, 0.29) is 28.6 Å². The fourth-order valence-corrected chi connectivity index (χ4v) is 6.87. The van der Waals surface area contributed by atoms with Crippen LogP contribution in [0.15, 0.2) is 62.1 Å². The highest BCUT2D eigenvalue weighted by Crippen LogP contribution is 2.30. The van der Waals surface area contributed by atoms with E-state index in [1.807, 2.05) is 12.1 Å². The zero-order valence-corrected chi connectivity index (χ0v) is 19.5. The Morgan fingerprint density at radius 3 is 2.50 bits per heavy atom. The minimum absolute atomic E-state index is 0.0149. The van der Waals surface area contributed by atoms with E-state index >= 15 is 0 Å². The molecule has 0 bridgehead atoms. The zero-order valence-electron chi connectivity index (χ0n) is 17.1. The molecule has 0 aliphatic carbocycles. The number of benzene rings is 1. The molecule has 0 spiro atoms. The standard InChI is InChI=1S/C22H21ClN2O5S2/c23-22-6-19(14-31-22)32(27,28)25-7-15(8-25)12-30-21-13-29-18(5-20(21)26)11-24-9-16-3-1-2-4-17(16)10-24/h1-6,13-15H,7-12H2. The van der Waals surface area contributed by atoms with Crippen LogP contribution in [0, 0.1) is 5.92 Å². The van der Waals surface area contributed by atoms with Gasteiger partial charge in [-0.15, -0.1) is 11.3 Å². The highest BCUT2D eigenvalue weighted by atomic mass is 35.5. The number of thiophene rings is 1. The molecule has 2 aromatic heterocycles. The molecule has 0 unspecified atom stereocenters. The van der Waals surface area contributed by atoms with Gasteiger partial charge < -0.3 is 9.15 Å². The maximum Gasteiger partial charge on any atom is 0.243 e. The van der Waals surface area contributed by atoms with Crippen molar-refractivity contribution in [2.24, 2.45) is 5.92 Å². The van der Waals surface area contributed by atoms with E-state index in [1.54, 1.807) is 0 Å². The van der Waals surface area contributed by atoms with Crippen LogP contribution >= 0.6 is 22.9 Å². The van der Waals surface area contributed by atoms with Gasteiger partial charge in [-0.05, 0) is 17.2 Å². The summed E-state index contributed by atoms with van der Waals surface area (Å²) in [5.74, 6) is 0.746. The van der Waals surface area contributed by atoms with Gasteiger partial charge in [-0.1, -0.05) is 35.9 Å². The van der Waals surface area contributed by atoms with E-state index in [1.165, 1.54) is 50.5 Å². The molecule has 0 radical (unpaired) electrons. The van der Waals surface area contributed by atoms with Gasteiger partial charge in [0.1, 0.15) is 12.0 Å². The van der Waals surface area contributed by atoms with Gasteiger partial charge in [-0.3, -0.25) is 9.69 Å². The second-order valence-corrected chi connectivity index (χ2v) is 11.6. The monoisotopic (exact) mass is 492 g/mol. The number of nitrogens with zero attached hydrogens (tertiary/aromatic N) is 2. The van der Waals surface area contributed by atoms with Crippen molar-refractivity contribution < 1.29 is 17.6 Å². The SMILES string of the molecule is O=c1cc(CN2Cc3ccccc3C2)occ1OCC1CN(S(=O)(=O)c2csc(Cl)c2)C1. The van der Waals surface area contributed by atoms with Crippen molar-refractivity contribution in [3.63, 3.8) is 0 Å². The molecule has 2 aliphatic rings. The molecule has 5 rings (SSSR count). The van der Waals surface area contributed by atoms with E-state index in [4.69, 9.17) is 20.8 Å². The lowest BCUT2D eigenvalue weighted by Gasteiger charge is -2.37. The molecule has 32 heavy (non-hydrogen) atoms. The Kier molecular flexibility index (Phi) is 5.85. The fourth-order valence-electron chi connectivity index (χ4n) is 3.97. The zero-order chi connectivity index (χ0) is 22.3. The molecule has 3 aromatic rings. The quantitative estimate of drug-likeness (QED) is 0.501. The highest BCUT2D eigenvalue weighted by Gasteiger charge is 2.37. The van der Waals surface area contributed by atoms with Gasteiger partial charge in [-0.25, -0.2) is 8.42 Å². The lowest BCUT2D eigenvalue weighted by atomic mass is 10.1. The summed E-state index contributed by atoms with van der Waals surface area (Å²) in [7, 11) is -3.52. The molecule has 0 saturated carbocycles. The van der Waals surface area contributed by atoms with Crippen LogP contribution in [-0.2, 0) is 29.7 Å². The third-order valence-corrected chi connectivity index (χ3v) is 8.77. The molecule has 0 N–H and O–H groups in total. The van der Waals surface area contributed by atoms with Crippen molar-refractivity contribution in [1.82, 2.24) is 9.21 Å². The number of hydrogen-bond acceptors (Lipinski definition) is 7. The van der Waals surface area contributed by atoms with Crippen LogP contribution in [0.2, 0.25) is 4.34 Å². The van der Waals surface area contributed by atoms with Crippen LogP contribution in [0.25, 0.3) is 0 Å². The summed E-state index contributed by atoms with van der Waals surface area (Å²) in [5, 5.41) is 1.54. The Morgan fingerprint density at radius 1 is 1.16 bits per heavy atom. The molecule has 1 fully saturated rings. The molecule has 168 valence electrons.